The van der Waals surface area contributed by atoms with Gasteiger partial charge in [-0.2, -0.15) is 0 Å². The molecule has 1 aliphatic heterocycles. The molecule has 1 saturated heterocycles. The molecule has 0 spiro atoms. The van der Waals surface area contributed by atoms with Gasteiger partial charge < -0.3 is 9.88 Å². The summed E-state index contributed by atoms with van der Waals surface area (Å²) in [4.78, 5) is 0. The lowest BCUT2D eigenvalue weighted by Crippen LogP contribution is -2.19. The maximum absolute atomic E-state index is 4.62. The Kier molecular flexibility index (Phi) is 6.14. The highest BCUT2D eigenvalue weighted by Crippen LogP contribution is 2.31. The normalized spacial score (nSPS) is 15.9. The summed E-state index contributed by atoms with van der Waals surface area (Å²) in [5.41, 5.74) is 5.12. The van der Waals surface area contributed by atoms with E-state index >= 15 is 0 Å². The minimum Gasteiger partial charge on any atom is -0.307 e. The summed E-state index contributed by atoms with van der Waals surface area (Å²) >= 11 is 1.77. The second kappa shape index (κ2) is 9.50. The Labute approximate surface area is 187 Å². The second-order valence-electron chi connectivity index (χ2n) is 7.87. The van der Waals surface area contributed by atoms with Gasteiger partial charge in [0, 0.05) is 5.75 Å². The van der Waals surface area contributed by atoms with Crippen LogP contribution < -0.4 is 5.32 Å². The average Bonchev–Trinajstić information content (AvgIpc) is 3.49. The Hall–Kier alpha value is -2.89. The number of rotatable bonds is 7. The third-order valence-corrected chi connectivity index (χ3v) is 6.78. The van der Waals surface area contributed by atoms with E-state index in [1.807, 2.05) is 0 Å². The molecule has 31 heavy (non-hydrogen) atoms. The fraction of sp³-hybridized carbons (Fsp3) is 0.231. The van der Waals surface area contributed by atoms with E-state index in [9.17, 15) is 0 Å². The molecule has 5 rings (SSSR count). The monoisotopic (exact) mass is 426 g/mol. The number of nitrogens with one attached hydrogen (secondary N) is 1. The van der Waals surface area contributed by atoms with Crippen LogP contribution in [-0.2, 0) is 12.3 Å². The molecule has 5 heteroatoms. The topological polar surface area (TPSA) is 42.7 Å². The number of thioether (sulfide) groups is 1. The van der Waals surface area contributed by atoms with E-state index in [2.05, 4.69) is 105 Å². The number of hydrogen-bond acceptors (Lipinski definition) is 4. The molecule has 0 saturated carbocycles. The fourth-order valence-electron chi connectivity index (χ4n) is 4.17. The smallest absolute Gasteiger partial charge is 0.191 e. The van der Waals surface area contributed by atoms with Crippen molar-refractivity contribution in [3.8, 4) is 11.1 Å². The van der Waals surface area contributed by atoms with Crippen LogP contribution in [0.2, 0.25) is 0 Å². The molecule has 3 aromatic carbocycles. The molecule has 0 bridgehead atoms. The molecule has 1 aromatic heterocycles. The quantitative estimate of drug-likeness (QED) is 0.384. The van der Waals surface area contributed by atoms with E-state index in [4.69, 9.17) is 0 Å². The zero-order valence-corrected chi connectivity index (χ0v) is 18.3. The van der Waals surface area contributed by atoms with Crippen molar-refractivity contribution in [1.82, 2.24) is 20.1 Å². The van der Waals surface area contributed by atoms with Gasteiger partial charge in [-0.15, -0.1) is 10.2 Å². The summed E-state index contributed by atoms with van der Waals surface area (Å²) in [6.07, 6.45) is 2.31. The van der Waals surface area contributed by atoms with Gasteiger partial charge in [-0.3, -0.25) is 0 Å². The molecule has 0 aliphatic carbocycles. The fourth-order valence-corrected chi connectivity index (χ4v) is 5.12. The molecule has 1 fully saturated rings. The summed E-state index contributed by atoms with van der Waals surface area (Å²) < 4.78 is 2.30. The van der Waals surface area contributed by atoms with E-state index in [0.29, 0.717) is 6.04 Å². The van der Waals surface area contributed by atoms with Gasteiger partial charge >= 0.3 is 0 Å². The third kappa shape index (κ3) is 4.58. The minimum atomic E-state index is 0.294. The predicted octanol–water partition coefficient (Wildman–Crippen LogP) is 5.71. The lowest BCUT2D eigenvalue weighted by Gasteiger charge is -2.15. The maximum atomic E-state index is 4.62. The van der Waals surface area contributed by atoms with Crippen molar-refractivity contribution in [3.05, 3.63) is 102 Å². The van der Waals surface area contributed by atoms with Gasteiger partial charge in [0.1, 0.15) is 0 Å². The van der Waals surface area contributed by atoms with Crippen LogP contribution in [0.25, 0.3) is 11.1 Å². The lowest BCUT2D eigenvalue weighted by molar-refractivity contribution is 0.550. The summed E-state index contributed by atoms with van der Waals surface area (Å²) in [5.74, 6) is 1.91. The van der Waals surface area contributed by atoms with Crippen LogP contribution in [0.1, 0.15) is 35.8 Å². The molecule has 1 unspecified atom stereocenters. The largest absolute Gasteiger partial charge is 0.307 e. The first-order chi connectivity index (χ1) is 15.4. The Bertz CT molecular complexity index is 1120. The maximum Gasteiger partial charge on any atom is 0.191 e. The number of aromatic nitrogens is 3. The van der Waals surface area contributed by atoms with E-state index in [0.717, 1.165) is 36.2 Å². The average molecular weight is 427 g/mol. The highest BCUT2D eigenvalue weighted by atomic mass is 32.2. The third-order valence-electron chi connectivity index (χ3n) is 5.76. The zero-order chi connectivity index (χ0) is 20.9. The van der Waals surface area contributed by atoms with Crippen molar-refractivity contribution < 1.29 is 0 Å². The first-order valence-corrected chi connectivity index (χ1v) is 11.8. The van der Waals surface area contributed by atoms with E-state index in [1.54, 1.807) is 11.8 Å². The van der Waals surface area contributed by atoms with Crippen molar-refractivity contribution in [2.45, 2.75) is 36.3 Å². The summed E-state index contributed by atoms with van der Waals surface area (Å²) in [6, 6.07) is 30.1. The molecular formula is C26H26N4S. The van der Waals surface area contributed by atoms with Gasteiger partial charge in [-0.25, -0.2) is 0 Å². The first-order valence-electron chi connectivity index (χ1n) is 10.8. The number of hydrogen-bond donors (Lipinski definition) is 1. The van der Waals surface area contributed by atoms with Crippen LogP contribution in [0.5, 0.6) is 0 Å². The van der Waals surface area contributed by atoms with Gasteiger partial charge in [0.2, 0.25) is 0 Å². The standard InChI is InChI=1S/C26H26N4S/c1-3-10-20(11-4-1)18-30-25(24-16-9-17-27-24)28-29-26(30)31-19-22-14-7-8-15-23(22)21-12-5-2-6-13-21/h1-8,10-15,24,27H,9,16-19H2. The van der Waals surface area contributed by atoms with E-state index in [-0.39, 0.29) is 0 Å². The van der Waals surface area contributed by atoms with Crippen LogP contribution in [-0.4, -0.2) is 21.3 Å². The van der Waals surface area contributed by atoms with Crippen LogP contribution in [0.15, 0.2) is 90.1 Å². The highest BCUT2D eigenvalue weighted by molar-refractivity contribution is 7.98. The van der Waals surface area contributed by atoms with Crippen molar-refractivity contribution in [3.63, 3.8) is 0 Å². The van der Waals surface area contributed by atoms with E-state index < -0.39 is 0 Å². The molecule has 156 valence electrons. The van der Waals surface area contributed by atoms with Crippen LogP contribution >= 0.6 is 11.8 Å². The molecule has 2 heterocycles. The summed E-state index contributed by atoms with van der Waals surface area (Å²) in [6.45, 7) is 1.85. The van der Waals surface area contributed by atoms with Gasteiger partial charge in [-0.05, 0) is 41.6 Å². The van der Waals surface area contributed by atoms with Crippen LogP contribution in [0, 0.1) is 0 Å². The van der Waals surface area contributed by atoms with Crippen molar-refractivity contribution in [2.75, 3.05) is 6.54 Å². The van der Waals surface area contributed by atoms with Crippen molar-refractivity contribution >= 4 is 11.8 Å². The van der Waals surface area contributed by atoms with Crippen molar-refractivity contribution in [2.24, 2.45) is 0 Å². The van der Waals surface area contributed by atoms with Gasteiger partial charge in [-0.1, -0.05) is 96.7 Å². The molecule has 0 radical (unpaired) electrons. The highest BCUT2D eigenvalue weighted by Gasteiger charge is 2.24. The molecule has 1 N–H and O–H groups in total. The van der Waals surface area contributed by atoms with Crippen LogP contribution in [0.3, 0.4) is 0 Å². The second-order valence-corrected chi connectivity index (χ2v) is 8.82. The Morgan fingerprint density at radius 1 is 0.871 bits per heavy atom. The number of benzene rings is 3. The first kappa shape index (κ1) is 20.0. The Morgan fingerprint density at radius 3 is 2.39 bits per heavy atom. The SMILES string of the molecule is c1ccc(Cn2c(SCc3ccccc3-c3ccccc3)nnc2C2CCCN2)cc1. The molecule has 4 aromatic rings. The molecule has 4 nitrogen and oxygen atoms in total. The molecule has 0 amide bonds. The van der Waals surface area contributed by atoms with Gasteiger partial charge in [0.25, 0.3) is 0 Å². The van der Waals surface area contributed by atoms with Gasteiger partial charge in [0.05, 0.1) is 12.6 Å². The lowest BCUT2D eigenvalue weighted by atomic mass is 10.0. The van der Waals surface area contributed by atoms with Crippen molar-refractivity contribution in [1.29, 1.82) is 0 Å². The molecular weight excluding hydrogens is 400 g/mol. The summed E-state index contributed by atoms with van der Waals surface area (Å²) in [5, 5.41) is 13.8. The van der Waals surface area contributed by atoms with Crippen LogP contribution in [0.4, 0.5) is 0 Å². The van der Waals surface area contributed by atoms with E-state index in [1.165, 1.54) is 28.7 Å². The zero-order valence-electron chi connectivity index (χ0n) is 17.4. The van der Waals surface area contributed by atoms with Gasteiger partial charge in [0.15, 0.2) is 11.0 Å². The molecule has 1 aliphatic rings. The number of nitrogens with zero attached hydrogens (tertiary/aromatic N) is 3. The predicted molar refractivity (Wildman–Crippen MR) is 127 cm³/mol. The Morgan fingerprint density at radius 2 is 1.61 bits per heavy atom. The summed E-state index contributed by atoms with van der Waals surface area (Å²) in [7, 11) is 0. The molecule has 1 atom stereocenters. The Balaban J connectivity index is 1.42. The minimum absolute atomic E-state index is 0.294.